The van der Waals surface area contributed by atoms with Gasteiger partial charge in [-0.1, -0.05) is 35.4 Å². The number of carbonyl (C=O) groups is 1. The summed E-state index contributed by atoms with van der Waals surface area (Å²) in [5, 5.41) is 3.15. The number of rotatable bonds is 4. The fourth-order valence-corrected chi connectivity index (χ4v) is 3.27. The largest absolute Gasteiger partial charge is 0.487 e. The minimum absolute atomic E-state index is 0.0924. The summed E-state index contributed by atoms with van der Waals surface area (Å²) < 4.78 is 11.9. The lowest BCUT2D eigenvalue weighted by atomic mass is 9.89. The molecule has 0 spiro atoms. The lowest BCUT2D eigenvalue weighted by Crippen LogP contribution is -2.44. The molecule has 138 valence electrons. The van der Waals surface area contributed by atoms with Crippen molar-refractivity contribution in [3.63, 3.8) is 0 Å². The summed E-state index contributed by atoms with van der Waals surface area (Å²) in [6, 6.07) is 13.7. The fraction of sp³-hybridized carbons (Fsp3) is 0.409. The van der Waals surface area contributed by atoms with Gasteiger partial charge in [0.1, 0.15) is 17.1 Å². The maximum Gasteiger partial charge on any atom is 0.261 e. The monoisotopic (exact) mass is 353 g/mol. The van der Waals surface area contributed by atoms with E-state index < -0.39 is 6.10 Å². The molecule has 4 nitrogen and oxygen atoms in total. The molecule has 4 heteroatoms. The Bertz CT molecular complexity index is 796. The van der Waals surface area contributed by atoms with Gasteiger partial charge in [0.15, 0.2) is 6.10 Å². The Balaban J connectivity index is 1.74. The molecule has 0 unspecified atom stereocenters. The van der Waals surface area contributed by atoms with Gasteiger partial charge in [0.2, 0.25) is 0 Å². The van der Waals surface area contributed by atoms with Crippen molar-refractivity contribution in [1.82, 2.24) is 5.32 Å². The van der Waals surface area contributed by atoms with Crippen molar-refractivity contribution in [1.29, 1.82) is 0 Å². The van der Waals surface area contributed by atoms with E-state index in [9.17, 15) is 4.79 Å². The summed E-state index contributed by atoms with van der Waals surface area (Å²) in [5.74, 6) is 1.41. The van der Waals surface area contributed by atoms with Gasteiger partial charge in [-0.2, -0.15) is 0 Å². The predicted octanol–water partition coefficient (Wildman–Crippen LogP) is 4.49. The molecule has 0 saturated carbocycles. The van der Waals surface area contributed by atoms with Crippen LogP contribution in [0.25, 0.3) is 0 Å². The Morgan fingerprint density at radius 2 is 1.81 bits per heavy atom. The minimum Gasteiger partial charge on any atom is -0.487 e. The number of amides is 1. The molecule has 0 saturated heterocycles. The standard InChI is InChI=1S/C22H27NO3/c1-14-6-9-17(10-7-14)25-16(3)21(24)23-19-13-22(4,5)26-20-11-8-15(2)12-18(19)20/h6-12,16,19H,13H2,1-5H3,(H,23,24)/t16-,19+/m1/s1. The van der Waals surface area contributed by atoms with Gasteiger partial charge >= 0.3 is 0 Å². The molecule has 1 amide bonds. The van der Waals surface area contributed by atoms with Gasteiger partial charge in [-0.25, -0.2) is 0 Å². The maximum absolute atomic E-state index is 12.7. The van der Waals surface area contributed by atoms with Gasteiger partial charge in [-0.05, 0) is 52.8 Å². The maximum atomic E-state index is 12.7. The topological polar surface area (TPSA) is 47.6 Å². The molecule has 0 fully saturated rings. The Hall–Kier alpha value is -2.49. The molecule has 2 atom stereocenters. The number of hydrogen-bond acceptors (Lipinski definition) is 3. The van der Waals surface area contributed by atoms with E-state index in [2.05, 4.69) is 11.4 Å². The third kappa shape index (κ3) is 4.18. The first-order valence-electron chi connectivity index (χ1n) is 9.07. The van der Waals surface area contributed by atoms with Gasteiger partial charge in [0.05, 0.1) is 6.04 Å². The number of fused-ring (bicyclic) bond motifs is 1. The first-order chi connectivity index (χ1) is 12.2. The first-order valence-corrected chi connectivity index (χ1v) is 9.07. The van der Waals surface area contributed by atoms with E-state index >= 15 is 0 Å². The Labute approximate surface area is 155 Å². The molecular formula is C22H27NO3. The van der Waals surface area contributed by atoms with Gasteiger partial charge in [0, 0.05) is 12.0 Å². The smallest absolute Gasteiger partial charge is 0.261 e. The highest BCUT2D eigenvalue weighted by atomic mass is 16.5. The van der Waals surface area contributed by atoms with E-state index in [1.165, 1.54) is 0 Å². The molecule has 2 aromatic carbocycles. The quantitative estimate of drug-likeness (QED) is 0.881. The molecule has 0 bridgehead atoms. The van der Waals surface area contributed by atoms with Crippen LogP contribution in [0.4, 0.5) is 0 Å². The molecule has 0 aliphatic carbocycles. The number of ether oxygens (including phenoxy) is 2. The third-order valence-corrected chi connectivity index (χ3v) is 4.64. The SMILES string of the molecule is Cc1ccc(O[C@H](C)C(=O)N[C@H]2CC(C)(C)Oc3ccc(C)cc32)cc1. The number of benzene rings is 2. The van der Waals surface area contributed by atoms with Crippen molar-refractivity contribution in [3.8, 4) is 11.5 Å². The lowest BCUT2D eigenvalue weighted by Gasteiger charge is -2.38. The van der Waals surface area contributed by atoms with Crippen LogP contribution in [-0.4, -0.2) is 17.6 Å². The highest BCUT2D eigenvalue weighted by molar-refractivity contribution is 5.81. The molecule has 26 heavy (non-hydrogen) atoms. The number of carbonyl (C=O) groups excluding carboxylic acids is 1. The zero-order valence-corrected chi connectivity index (χ0v) is 16.1. The third-order valence-electron chi connectivity index (χ3n) is 4.64. The predicted molar refractivity (Wildman–Crippen MR) is 103 cm³/mol. The van der Waals surface area contributed by atoms with Crippen molar-refractivity contribution in [3.05, 3.63) is 59.2 Å². The van der Waals surface area contributed by atoms with E-state index in [0.717, 1.165) is 22.4 Å². The zero-order valence-electron chi connectivity index (χ0n) is 16.1. The molecule has 1 aliphatic rings. The van der Waals surface area contributed by atoms with Crippen molar-refractivity contribution < 1.29 is 14.3 Å². The van der Waals surface area contributed by atoms with Gasteiger partial charge in [0.25, 0.3) is 5.91 Å². The van der Waals surface area contributed by atoms with E-state index in [4.69, 9.17) is 9.47 Å². The molecule has 0 aromatic heterocycles. The van der Waals surface area contributed by atoms with Crippen molar-refractivity contribution in [2.75, 3.05) is 0 Å². The molecule has 0 radical (unpaired) electrons. The molecule has 1 aliphatic heterocycles. The molecule has 1 N–H and O–H groups in total. The number of hydrogen-bond donors (Lipinski definition) is 1. The van der Waals surface area contributed by atoms with Gasteiger partial charge < -0.3 is 14.8 Å². The summed E-state index contributed by atoms with van der Waals surface area (Å²) in [6.45, 7) is 9.92. The van der Waals surface area contributed by atoms with Crippen LogP contribution < -0.4 is 14.8 Å². The van der Waals surface area contributed by atoms with E-state index in [1.807, 2.05) is 64.1 Å². The first kappa shape index (κ1) is 18.3. The second kappa shape index (κ2) is 7.02. The Kier molecular flexibility index (Phi) is 4.94. The van der Waals surface area contributed by atoms with Crippen molar-refractivity contribution >= 4 is 5.91 Å². The summed E-state index contributed by atoms with van der Waals surface area (Å²) in [5.41, 5.74) is 3.00. The van der Waals surface area contributed by atoms with Crippen molar-refractivity contribution in [2.45, 2.75) is 58.8 Å². The second-order valence-electron chi connectivity index (χ2n) is 7.74. The normalized spacial score (nSPS) is 19.0. The number of nitrogens with one attached hydrogen (secondary N) is 1. The van der Waals surface area contributed by atoms with Crippen molar-refractivity contribution in [2.24, 2.45) is 0 Å². The summed E-state index contributed by atoms with van der Waals surface area (Å²) in [7, 11) is 0. The highest BCUT2D eigenvalue weighted by Crippen LogP contribution is 2.39. The van der Waals surface area contributed by atoms with Crippen LogP contribution in [0, 0.1) is 13.8 Å². The fourth-order valence-electron chi connectivity index (χ4n) is 3.27. The highest BCUT2D eigenvalue weighted by Gasteiger charge is 2.35. The average Bonchev–Trinajstić information content (AvgIpc) is 2.57. The molecule has 3 rings (SSSR count). The summed E-state index contributed by atoms with van der Waals surface area (Å²) in [6.07, 6.45) is 0.142. The second-order valence-corrected chi connectivity index (χ2v) is 7.74. The van der Waals surface area contributed by atoms with E-state index in [-0.39, 0.29) is 17.6 Å². The van der Waals surface area contributed by atoms with Gasteiger partial charge in [-0.3, -0.25) is 4.79 Å². The van der Waals surface area contributed by atoms with E-state index in [0.29, 0.717) is 12.2 Å². The summed E-state index contributed by atoms with van der Waals surface area (Å²) in [4.78, 5) is 12.7. The van der Waals surface area contributed by atoms with Crippen LogP contribution in [0.5, 0.6) is 11.5 Å². The van der Waals surface area contributed by atoms with Gasteiger partial charge in [-0.15, -0.1) is 0 Å². The number of aryl methyl sites for hydroxylation is 2. The van der Waals surface area contributed by atoms with Crippen LogP contribution in [0.15, 0.2) is 42.5 Å². The Morgan fingerprint density at radius 1 is 1.15 bits per heavy atom. The van der Waals surface area contributed by atoms with Crippen LogP contribution in [0.1, 0.15) is 49.9 Å². The van der Waals surface area contributed by atoms with Crippen LogP contribution in [0.2, 0.25) is 0 Å². The molecular weight excluding hydrogens is 326 g/mol. The summed E-state index contributed by atoms with van der Waals surface area (Å²) >= 11 is 0. The lowest BCUT2D eigenvalue weighted by molar-refractivity contribution is -0.128. The van der Waals surface area contributed by atoms with E-state index in [1.54, 1.807) is 6.92 Å². The zero-order chi connectivity index (χ0) is 18.9. The van der Waals surface area contributed by atoms with Crippen LogP contribution >= 0.6 is 0 Å². The molecule has 2 aromatic rings. The Morgan fingerprint density at radius 3 is 2.50 bits per heavy atom. The van der Waals surface area contributed by atoms with Crippen LogP contribution in [0.3, 0.4) is 0 Å². The van der Waals surface area contributed by atoms with Crippen LogP contribution in [-0.2, 0) is 4.79 Å². The minimum atomic E-state index is -0.572. The average molecular weight is 353 g/mol. The molecule has 1 heterocycles.